The van der Waals surface area contributed by atoms with Crippen LogP contribution in [0.1, 0.15) is 42.1 Å². The van der Waals surface area contributed by atoms with Gasteiger partial charge in [0.25, 0.3) is 0 Å². The number of fused-ring (bicyclic) bond motifs is 1. The molecular formula is C20H22ClFN4O3. The van der Waals surface area contributed by atoms with Gasteiger partial charge in [-0.05, 0) is 32.7 Å². The molecule has 1 aromatic heterocycles. The van der Waals surface area contributed by atoms with Gasteiger partial charge in [-0.15, -0.1) is 0 Å². The van der Waals surface area contributed by atoms with Crippen LogP contribution < -0.4 is 21.4 Å². The number of hydrogen-bond acceptors (Lipinski definition) is 5. The van der Waals surface area contributed by atoms with Gasteiger partial charge in [0.15, 0.2) is 5.82 Å². The number of anilines is 2. The fourth-order valence-corrected chi connectivity index (χ4v) is 5.22. The van der Waals surface area contributed by atoms with Gasteiger partial charge in [-0.25, -0.2) is 9.18 Å². The van der Waals surface area contributed by atoms with E-state index in [-0.39, 0.29) is 39.3 Å². The fraction of sp³-hybridized carbons (Fsp3) is 0.500. The molecule has 0 bridgehead atoms. The van der Waals surface area contributed by atoms with Crippen molar-refractivity contribution >= 4 is 39.8 Å². The zero-order chi connectivity index (χ0) is 20.7. The molecule has 1 saturated heterocycles. The molecule has 5 rings (SSSR count). The zero-order valence-electron chi connectivity index (χ0n) is 16.0. The second-order valence-corrected chi connectivity index (χ2v) is 8.89. The van der Waals surface area contributed by atoms with Crippen molar-refractivity contribution in [2.75, 3.05) is 30.8 Å². The average Bonchev–Trinajstić information content (AvgIpc) is 3.58. The number of aromatic carboxylic acids is 1. The van der Waals surface area contributed by atoms with Crippen LogP contribution in [0, 0.1) is 11.2 Å². The Morgan fingerprint density at radius 1 is 1.41 bits per heavy atom. The molecule has 4 N–H and O–H groups in total. The predicted molar refractivity (Wildman–Crippen MR) is 110 cm³/mol. The van der Waals surface area contributed by atoms with E-state index in [2.05, 4.69) is 5.32 Å². The summed E-state index contributed by atoms with van der Waals surface area (Å²) < 4.78 is 17.1. The second kappa shape index (κ2) is 6.09. The van der Waals surface area contributed by atoms with Crippen LogP contribution in [0.5, 0.6) is 0 Å². The quantitative estimate of drug-likeness (QED) is 0.657. The van der Waals surface area contributed by atoms with E-state index in [0.717, 1.165) is 25.7 Å². The van der Waals surface area contributed by atoms with Crippen LogP contribution in [0.3, 0.4) is 0 Å². The van der Waals surface area contributed by atoms with Crippen molar-refractivity contribution in [3.63, 3.8) is 0 Å². The minimum atomic E-state index is -1.36. The van der Waals surface area contributed by atoms with Gasteiger partial charge in [0.2, 0.25) is 5.43 Å². The number of halogens is 2. The van der Waals surface area contributed by atoms with Crippen LogP contribution in [0.25, 0.3) is 10.9 Å². The van der Waals surface area contributed by atoms with E-state index in [1.165, 1.54) is 6.20 Å². The largest absolute Gasteiger partial charge is 0.477 e. The molecule has 29 heavy (non-hydrogen) atoms. The van der Waals surface area contributed by atoms with E-state index < -0.39 is 22.8 Å². The van der Waals surface area contributed by atoms with Gasteiger partial charge in [-0.2, -0.15) is 0 Å². The number of carboxylic acids is 1. The Morgan fingerprint density at radius 3 is 2.62 bits per heavy atom. The lowest BCUT2D eigenvalue weighted by molar-refractivity contribution is 0.0695. The number of benzene rings is 1. The molecule has 1 aromatic carbocycles. The van der Waals surface area contributed by atoms with Crippen molar-refractivity contribution in [1.29, 1.82) is 0 Å². The average molecular weight is 421 g/mol. The van der Waals surface area contributed by atoms with E-state index in [1.54, 1.807) is 4.57 Å². The molecule has 2 heterocycles. The van der Waals surface area contributed by atoms with Crippen molar-refractivity contribution in [1.82, 2.24) is 9.88 Å². The van der Waals surface area contributed by atoms with Crippen LogP contribution in [0.2, 0.25) is 5.02 Å². The first-order valence-electron chi connectivity index (χ1n) is 9.80. The highest BCUT2D eigenvalue weighted by atomic mass is 35.5. The summed E-state index contributed by atoms with van der Waals surface area (Å²) in [6.07, 6.45) is 5.15. The van der Waals surface area contributed by atoms with Gasteiger partial charge >= 0.3 is 5.97 Å². The Hall–Kier alpha value is -2.32. The molecule has 1 spiro atoms. The third kappa shape index (κ3) is 2.58. The highest BCUT2D eigenvalue weighted by Gasteiger charge is 2.55. The lowest BCUT2D eigenvalue weighted by Crippen LogP contribution is -2.34. The highest BCUT2D eigenvalue weighted by Crippen LogP contribution is 2.55. The number of carboxylic acid groups (broad SMARTS) is 1. The number of aromatic nitrogens is 1. The summed E-state index contributed by atoms with van der Waals surface area (Å²) in [5.41, 5.74) is 5.18. The molecule has 154 valence electrons. The summed E-state index contributed by atoms with van der Waals surface area (Å²) in [6.45, 7) is 1.26. The zero-order valence-corrected chi connectivity index (χ0v) is 16.7. The summed E-state index contributed by atoms with van der Waals surface area (Å²) in [4.78, 5) is 26.3. The smallest absolute Gasteiger partial charge is 0.341 e. The molecule has 1 aliphatic heterocycles. The van der Waals surface area contributed by atoms with Gasteiger partial charge in [0, 0.05) is 36.8 Å². The molecule has 1 unspecified atom stereocenters. The topological polar surface area (TPSA) is 101 Å². The monoisotopic (exact) mass is 420 g/mol. The van der Waals surface area contributed by atoms with Crippen LogP contribution in [0.15, 0.2) is 11.0 Å². The summed E-state index contributed by atoms with van der Waals surface area (Å²) in [6, 6.07) is 0.264. The van der Waals surface area contributed by atoms with E-state index in [0.29, 0.717) is 18.6 Å². The number of nitrogen functional groups attached to an aromatic ring is 1. The number of hydrogen-bond donors (Lipinski definition) is 3. The molecule has 7 nitrogen and oxygen atoms in total. The van der Waals surface area contributed by atoms with Crippen molar-refractivity contribution in [2.24, 2.45) is 5.41 Å². The first-order valence-corrected chi connectivity index (χ1v) is 10.2. The van der Waals surface area contributed by atoms with Crippen molar-refractivity contribution < 1.29 is 14.3 Å². The Balaban J connectivity index is 1.78. The summed E-state index contributed by atoms with van der Waals surface area (Å²) >= 11 is 6.72. The number of carbonyl (C=O) groups is 1. The maximum absolute atomic E-state index is 15.4. The second-order valence-electron chi connectivity index (χ2n) is 8.51. The number of likely N-dealkylation sites (N-methyl/N-ethyl adjacent to an activating group) is 1. The highest BCUT2D eigenvalue weighted by molar-refractivity contribution is 6.38. The molecule has 9 heteroatoms. The van der Waals surface area contributed by atoms with Gasteiger partial charge in [0.05, 0.1) is 27.3 Å². The lowest BCUT2D eigenvalue weighted by Gasteiger charge is -2.24. The minimum absolute atomic E-state index is 0.0322. The van der Waals surface area contributed by atoms with E-state index in [4.69, 9.17) is 17.3 Å². The molecule has 2 saturated carbocycles. The van der Waals surface area contributed by atoms with Crippen LogP contribution in [-0.4, -0.2) is 41.8 Å². The summed E-state index contributed by atoms with van der Waals surface area (Å²) in [5.74, 6) is -2.12. The Labute approximate surface area is 171 Å². The van der Waals surface area contributed by atoms with E-state index in [9.17, 15) is 14.7 Å². The maximum Gasteiger partial charge on any atom is 0.341 e. The molecular weight excluding hydrogens is 399 g/mol. The number of nitrogens with two attached hydrogens (primary N) is 1. The van der Waals surface area contributed by atoms with Gasteiger partial charge < -0.3 is 25.6 Å². The van der Waals surface area contributed by atoms with Gasteiger partial charge in [-0.1, -0.05) is 11.6 Å². The van der Waals surface area contributed by atoms with E-state index in [1.807, 2.05) is 11.9 Å². The normalized spacial score (nSPS) is 22.6. The molecule has 2 aromatic rings. The maximum atomic E-state index is 15.4. The lowest BCUT2D eigenvalue weighted by atomic mass is 10.0. The third-order valence-corrected chi connectivity index (χ3v) is 7.10. The van der Waals surface area contributed by atoms with Gasteiger partial charge in [-0.3, -0.25) is 4.79 Å². The predicted octanol–water partition coefficient (Wildman–Crippen LogP) is 2.60. The van der Waals surface area contributed by atoms with Gasteiger partial charge in [0.1, 0.15) is 5.56 Å². The Bertz CT molecular complexity index is 1120. The molecule has 1 atom stereocenters. The van der Waals surface area contributed by atoms with Crippen molar-refractivity contribution in [2.45, 2.75) is 37.8 Å². The molecule has 0 amide bonds. The number of rotatable bonds is 4. The number of nitrogens with one attached hydrogen (secondary N) is 1. The number of nitrogens with zero attached hydrogens (tertiary/aromatic N) is 2. The SMILES string of the molecule is CNC1CN(c2c(F)c(N)c3c(=O)c(C(=O)O)cn(C4CC4)c3c2Cl)CC12CC2. The minimum Gasteiger partial charge on any atom is -0.477 e. The van der Waals surface area contributed by atoms with Crippen LogP contribution in [-0.2, 0) is 0 Å². The van der Waals surface area contributed by atoms with Crippen LogP contribution in [0.4, 0.5) is 15.8 Å². The number of pyridine rings is 1. The molecule has 3 fully saturated rings. The first-order chi connectivity index (χ1) is 13.8. The standard InChI is InChI=1S/C20H22ClFN4O3/c1-24-11-7-25(8-20(11)4-5-20)17-13(21)16-12(15(23)14(17)22)18(27)10(19(28)29)6-26(16)9-2-3-9/h6,9,11,24H,2-5,7-8,23H2,1H3,(H,28,29). The van der Waals surface area contributed by atoms with E-state index >= 15 is 4.39 Å². The Kier molecular flexibility index (Phi) is 3.93. The fourth-order valence-electron chi connectivity index (χ4n) is 4.83. The third-order valence-electron chi connectivity index (χ3n) is 6.74. The molecule has 2 aliphatic carbocycles. The Morgan fingerprint density at radius 2 is 2.10 bits per heavy atom. The first kappa shape index (κ1) is 18.7. The molecule has 3 aliphatic rings. The summed E-state index contributed by atoms with van der Waals surface area (Å²) in [5, 5.41) is 12.7. The van der Waals surface area contributed by atoms with Crippen molar-refractivity contribution in [3.05, 3.63) is 32.8 Å². The summed E-state index contributed by atoms with van der Waals surface area (Å²) in [7, 11) is 1.90. The van der Waals surface area contributed by atoms with Crippen LogP contribution >= 0.6 is 11.6 Å². The molecule has 0 radical (unpaired) electrons. The van der Waals surface area contributed by atoms with Crippen molar-refractivity contribution in [3.8, 4) is 0 Å².